The molecule has 0 atom stereocenters. The predicted octanol–water partition coefficient (Wildman–Crippen LogP) is 4.08. The van der Waals surface area contributed by atoms with Crippen LogP contribution in [0.5, 0.6) is 0 Å². The molecule has 6 heteroatoms. The fourth-order valence-electron chi connectivity index (χ4n) is 3.05. The molecule has 5 nitrogen and oxygen atoms in total. The Kier molecular flexibility index (Phi) is 6.54. The minimum atomic E-state index is -0.0891. The van der Waals surface area contributed by atoms with Gasteiger partial charge in [0.25, 0.3) is 0 Å². The Balaban J connectivity index is 1.67. The van der Waals surface area contributed by atoms with Crippen molar-refractivity contribution < 1.29 is 9.90 Å². The summed E-state index contributed by atoms with van der Waals surface area (Å²) in [6.45, 7) is 6.59. The van der Waals surface area contributed by atoms with Gasteiger partial charge in [0.1, 0.15) is 0 Å². The first-order chi connectivity index (χ1) is 13.4. The summed E-state index contributed by atoms with van der Waals surface area (Å²) < 4.78 is 1.96. The second-order valence-corrected chi connectivity index (χ2v) is 7.92. The molecular weight excluding hydrogens is 370 g/mol. The molecule has 2 aromatic carbocycles. The van der Waals surface area contributed by atoms with Gasteiger partial charge >= 0.3 is 0 Å². The van der Waals surface area contributed by atoms with E-state index in [4.69, 9.17) is 0 Å². The van der Waals surface area contributed by atoms with Gasteiger partial charge in [0.2, 0.25) is 5.91 Å². The molecule has 0 fully saturated rings. The Labute approximate surface area is 169 Å². The monoisotopic (exact) mass is 395 g/mol. The quantitative estimate of drug-likeness (QED) is 0.592. The van der Waals surface area contributed by atoms with Gasteiger partial charge < -0.3 is 15.0 Å². The topological polar surface area (TPSA) is 67.1 Å². The van der Waals surface area contributed by atoms with Gasteiger partial charge in [-0.25, -0.2) is 4.98 Å². The Morgan fingerprint density at radius 1 is 1.07 bits per heavy atom. The Morgan fingerprint density at radius 3 is 2.39 bits per heavy atom. The van der Waals surface area contributed by atoms with Gasteiger partial charge in [-0.3, -0.25) is 4.79 Å². The number of imidazole rings is 1. The first kappa shape index (κ1) is 20.2. The normalized spacial score (nSPS) is 10.9. The van der Waals surface area contributed by atoms with Crippen LogP contribution in [0.1, 0.15) is 27.9 Å². The summed E-state index contributed by atoms with van der Waals surface area (Å²) in [6, 6.07) is 14.2. The van der Waals surface area contributed by atoms with Crippen LogP contribution < -0.4 is 5.32 Å². The lowest BCUT2D eigenvalue weighted by atomic mass is 10.1. The van der Waals surface area contributed by atoms with Crippen molar-refractivity contribution in [2.45, 2.75) is 39.1 Å². The van der Waals surface area contributed by atoms with Crippen LogP contribution in [0, 0.1) is 20.8 Å². The number of carbonyl (C=O) groups is 1. The SMILES string of the molecule is Cc1ccc(Cn2c(CO)cnc2SCC(=O)Nc2cc(C)cc(C)c2)cc1. The Hall–Kier alpha value is -2.57. The average molecular weight is 396 g/mol. The van der Waals surface area contributed by atoms with Crippen molar-refractivity contribution in [1.82, 2.24) is 9.55 Å². The highest BCUT2D eigenvalue weighted by Gasteiger charge is 2.13. The van der Waals surface area contributed by atoms with E-state index >= 15 is 0 Å². The van der Waals surface area contributed by atoms with E-state index in [9.17, 15) is 9.90 Å². The molecule has 2 N–H and O–H groups in total. The number of hydrogen-bond donors (Lipinski definition) is 2. The van der Waals surface area contributed by atoms with Gasteiger partial charge in [0.15, 0.2) is 5.16 Å². The summed E-state index contributed by atoms with van der Waals surface area (Å²) in [5.41, 5.74) is 6.10. The smallest absolute Gasteiger partial charge is 0.234 e. The number of hydrogen-bond acceptors (Lipinski definition) is 4. The molecule has 0 radical (unpaired) electrons. The number of nitrogens with one attached hydrogen (secondary N) is 1. The third-order valence-corrected chi connectivity index (χ3v) is 5.35. The number of aliphatic hydroxyl groups excluding tert-OH is 1. The molecule has 1 heterocycles. The summed E-state index contributed by atoms with van der Waals surface area (Å²) in [4.78, 5) is 16.8. The van der Waals surface area contributed by atoms with Crippen LogP contribution in [0.25, 0.3) is 0 Å². The molecule has 0 spiro atoms. The molecule has 146 valence electrons. The average Bonchev–Trinajstić information content (AvgIpc) is 3.02. The molecule has 0 aliphatic carbocycles. The van der Waals surface area contributed by atoms with Gasteiger partial charge in [-0.15, -0.1) is 0 Å². The number of thioether (sulfide) groups is 1. The molecule has 28 heavy (non-hydrogen) atoms. The van der Waals surface area contributed by atoms with E-state index in [1.807, 2.05) is 30.5 Å². The number of rotatable bonds is 7. The maximum Gasteiger partial charge on any atom is 0.234 e. The zero-order chi connectivity index (χ0) is 20.1. The van der Waals surface area contributed by atoms with Crippen LogP contribution in [0.15, 0.2) is 53.8 Å². The molecule has 0 bridgehead atoms. The van der Waals surface area contributed by atoms with Gasteiger partial charge in [0.05, 0.1) is 24.3 Å². The Bertz CT molecular complexity index is 944. The zero-order valence-corrected chi connectivity index (χ0v) is 17.2. The van der Waals surface area contributed by atoms with Crippen LogP contribution in [-0.2, 0) is 17.9 Å². The van der Waals surface area contributed by atoms with Crippen molar-refractivity contribution >= 4 is 23.4 Å². The van der Waals surface area contributed by atoms with Crippen LogP contribution in [-0.4, -0.2) is 26.3 Å². The molecule has 3 rings (SSSR count). The molecule has 3 aromatic rings. The standard InChI is InChI=1S/C22H25N3O2S/c1-15-4-6-18(7-5-15)12-25-20(13-26)11-23-22(25)28-14-21(27)24-19-9-16(2)8-17(3)10-19/h4-11,26H,12-14H2,1-3H3,(H,24,27). The molecule has 0 unspecified atom stereocenters. The second kappa shape index (κ2) is 9.08. The van der Waals surface area contributed by atoms with Crippen molar-refractivity contribution in [2.75, 3.05) is 11.1 Å². The maximum absolute atomic E-state index is 12.4. The van der Waals surface area contributed by atoms with E-state index < -0.39 is 0 Å². The molecular formula is C22H25N3O2S. The van der Waals surface area contributed by atoms with Gasteiger partial charge in [-0.2, -0.15) is 0 Å². The summed E-state index contributed by atoms with van der Waals surface area (Å²) in [7, 11) is 0. The van der Waals surface area contributed by atoms with E-state index in [2.05, 4.69) is 47.6 Å². The van der Waals surface area contributed by atoms with Crippen LogP contribution in [0.4, 0.5) is 5.69 Å². The van der Waals surface area contributed by atoms with Crippen molar-refractivity contribution in [3.8, 4) is 0 Å². The van der Waals surface area contributed by atoms with Crippen LogP contribution in [0.2, 0.25) is 0 Å². The predicted molar refractivity (Wildman–Crippen MR) is 114 cm³/mol. The number of amides is 1. The fourth-order valence-corrected chi connectivity index (χ4v) is 3.85. The van der Waals surface area contributed by atoms with Crippen molar-refractivity contribution in [2.24, 2.45) is 0 Å². The lowest BCUT2D eigenvalue weighted by molar-refractivity contribution is -0.113. The number of anilines is 1. The maximum atomic E-state index is 12.4. The first-order valence-corrected chi connectivity index (χ1v) is 10.1. The number of carbonyl (C=O) groups excluding carboxylic acids is 1. The zero-order valence-electron chi connectivity index (χ0n) is 16.4. The first-order valence-electron chi connectivity index (χ1n) is 9.16. The minimum absolute atomic E-state index is 0.0783. The summed E-state index contributed by atoms with van der Waals surface area (Å²) in [5.74, 6) is 0.174. The largest absolute Gasteiger partial charge is 0.390 e. The lowest BCUT2D eigenvalue weighted by Crippen LogP contribution is -2.15. The van der Waals surface area contributed by atoms with Gasteiger partial charge in [0, 0.05) is 12.2 Å². The van der Waals surface area contributed by atoms with Gasteiger partial charge in [-0.05, 0) is 49.6 Å². The highest BCUT2D eigenvalue weighted by molar-refractivity contribution is 7.99. The molecule has 0 aliphatic heterocycles. The molecule has 1 aromatic heterocycles. The van der Waals surface area contributed by atoms with E-state index in [1.54, 1.807) is 6.20 Å². The third-order valence-electron chi connectivity index (χ3n) is 4.36. The number of benzene rings is 2. The third kappa shape index (κ3) is 5.24. The Morgan fingerprint density at radius 2 is 1.75 bits per heavy atom. The lowest BCUT2D eigenvalue weighted by Gasteiger charge is -2.11. The van der Waals surface area contributed by atoms with E-state index in [0.717, 1.165) is 33.2 Å². The van der Waals surface area contributed by atoms with Crippen molar-refractivity contribution in [3.05, 3.63) is 76.6 Å². The second-order valence-electron chi connectivity index (χ2n) is 6.98. The number of aromatic nitrogens is 2. The highest BCUT2D eigenvalue weighted by atomic mass is 32.2. The molecule has 1 amide bonds. The van der Waals surface area contributed by atoms with E-state index in [1.165, 1.54) is 17.3 Å². The van der Waals surface area contributed by atoms with Crippen molar-refractivity contribution in [3.63, 3.8) is 0 Å². The molecule has 0 aliphatic rings. The van der Waals surface area contributed by atoms with E-state index in [-0.39, 0.29) is 18.3 Å². The minimum Gasteiger partial charge on any atom is -0.390 e. The number of aryl methyl sites for hydroxylation is 3. The summed E-state index contributed by atoms with van der Waals surface area (Å²) >= 11 is 1.37. The number of aliphatic hydroxyl groups is 1. The van der Waals surface area contributed by atoms with Crippen LogP contribution >= 0.6 is 11.8 Å². The fraction of sp³-hybridized carbons (Fsp3) is 0.273. The molecule has 0 saturated carbocycles. The van der Waals surface area contributed by atoms with Crippen molar-refractivity contribution in [1.29, 1.82) is 0 Å². The van der Waals surface area contributed by atoms with Crippen LogP contribution in [0.3, 0.4) is 0 Å². The summed E-state index contributed by atoms with van der Waals surface area (Å²) in [6.07, 6.45) is 1.67. The summed E-state index contributed by atoms with van der Waals surface area (Å²) in [5, 5.41) is 13.3. The highest BCUT2D eigenvalue weighted by Crippen LogP contribution is 2.21. The van der Waals surface area contributed by atoms with Gasteiger partial charge in [-0.1, -0.05) is 47.7 Å². The van der Waals surface area contributed by atoms with E-state index in [0.29, 0.717) is 6.54 Å². The number of nitrogens with zero attached hydrogens (tertiary/aromatic N) is 2. The molecule has 0 saturated heterocycles.